The zero-order valence-electron chi connectivity index (χ0n) is 31.7. The van der Waals surface area contributed by atoms with E-state index >= 15 is 0 Å². The number of carbonyl (C=O) groups excluding carboxylic acids is 3. The molecule has 5 rings (SSSR count). The van der Waals surface area contributed by atoms with Gasteiger partial charge in [-0.25, -0.2) is 0 Å². The van der Waals surface area contributed by atoms with Crippen LogP contribution in [0.15, 0.2) is 104 Å². The molecule has 10 atom stereocenters. The smallest absolute Gasteiger partial charge is 0.303 e. The minimum Gasteiger partial charge on any atom is -0.456 e. The summed E-state index contributed by atoms with van der Waals surface area (Å²) < 4.78 is 60.8. The van der Waals surface area contributed by atoms with Gasteiger partial charge in [0.25, 0.3) is 0 Å². The van der Waals surface area contributed by atoms with Gasteiger partial charge in [0.05, 0.1) is 39.6 Å². The number of hydrogen-bond acceptors (Lipinski definition) is 14. The van der Waals surface area contributed by atoms with Gasteiger partial charge in [-0.15, -0.1) is 6.58 Å². The maximum atomic E-state index is 12.6. The van der Waals surface area contributed by atoms with Crippen LogP contribution in [-0.4, -0.2) is 104 Å². The highest BCUT2D eigenvalue weighted by molar-refractivity contribution is 5.68. The highest BCUT2D eigenvalue weighted by atomic mass is 16.8. The summed E-state index contributed by atoms with van der Waals surface area (Å²) >= 11 is 0. The van der Waals surface area contributed by atoms with E-state index in [2.05, 4.69) is 6.58 Å². The van der Waals surface area contributed by atoms with Crippen molar-refractivity contribution in [2.45, 2.75) is 102 Å². The van der Waals surface area contributed by atoms with E-state index in [4.69, 9.17) is 47.4 Å². The molecule has 0 amide bonds. The van der Waals surface area contributed by atoms with Gasteiger partial charge in [0, 0.05) is 20.8 Å². The average molecular weight is 779 g/mol. The highest BCUT2D eigenvalue weighted by Crippen LogP contribution is 2.35. The van der Waals surface area contributed by atoms with Crippen LogP contribution in [0.4, 0.5) is 0 Å². The number of carbonyl (C=O) groups is 3. The lowest BCUT2D eigenvalue weighted by Gasteiger charge is -2.48. The molecule has 1 N–H and O–H groups in total. The van der Waals surface area contributed by atoms with Crippen molar-refractivity contribution in [2.24, 2.45) is 0 Å². The van der Waals surface area contributed by atoms with Crippen molar-refractivity contribution in [3.05, 3.63) is 120 Å². The first-order valence-corrected chi connectivity index (χ1v) is 18.4. The quantitative estimate of drug-likeness (QED) is 0.105. The molecule has 2 aliphatic rings. The third-order valence-electron chi connectivity index (χ3n) is 8.86. The second-order valence-electron chi connectivity index (χ2n) is 13.3. The number of ether oxygens (including phenoxy) is 10. The van der Waals surface area contributed by atoms with E-state index in [9.17, 15) is 19.5 Å². The summed E-state index contributed by atoms with van der Waals surface area (Å²) in [6.45, 7) is 7.57. The van der Waals surface area contributed by atoms with E-state index in [0.717, 1.165) is 23.6 Å². The van der Waals surface area contributed by atoms with Gasteiger partial charge in [-0.1, -0.05) is 97.1 Å². The van der Waals surface area contributed by atoms with Gasteiger partial charge < -0.3 is 52.5 Å². The van der Waals surface area contributed by atoms with Crippen molar-refractivity contribution >= 4 is 17.9 Å². The van der Waals surface area contributed by atoms with Crippen LogP contribution in [-0.2, 0) is 81.6 Å². The Bertz CT molecular complexity index is 1660. The molecule has 0 aromatic heterocycles. The van der Waals surface area contributed by atoms with Crippen LogP contribution in [0.25, 0.3) is 0 Å². The fraction of sp³-hybridized carbons (Fsp3) is 0.452. The Morgan fingerprint density at radius 3 is 1.57 bits per heavy atom. The molecule has 0 radical (unpaired) electrons. The van der Waals surface area contributed by atoms with E-state index in [0.29, 0.717) is 0 Å². The molecule has 14 heteroatoms. The molecule has 14 nitrogen and oxygen atoms in total. The van der Waals surface area contributed by atoms with Gasteiger partial charge in [0.15, 0.2) is 30.9 Å². The fourth-order valence-electron chi connectivity index (χ4n) is 6.41. The molecule has 2 saturated heterocycles. The number of rotatable bonds is 19. The summed E-state index contributed by atoms with van der Waals surface area (Å²) in [5.74, 6) is -2.23. The Balaban J connectivity index is 1.48. The van der Waals surface area contributed by atoms with E-state index < -0.39 is 79.3 Å². The number of benzene rings is 3. The minimum atomic E-state index is -1.54. The Labute approximate surface area is 326 Å². The molecule has 0 aliphatic carbocycles. The molecule has 0 bridgehead atoms. The molecule has 3 aromatic carbocycles. The molecular weight excluding hydrogens is 728 g/mol. The Kier molecular flexibility index (Phi) is 16.5. The number of aliphatic hydroxyl groups excluding tert-OH is 1. The van der Waals surface area contributed by atoms with E-state index in [-0.39, 0.29) is 39.6 Å². The van der Waals surface area contributed by atoms with Crippen molar-refractivity contribution in [2.75, 3.05) is 19.8 Å². The van der Waals surface area contributed by atoms with Crippen LogP contribution in [0.2, 0.25) is 0 Å². The number of hydrogen-bond donors (Lipinski definition) is 1. The summed E-state index contributed by atoms with van der Waals surface area (Å²) in [5, 5.41) is 12.0. The van der Waals surface area contributed by atoms with Crippen LogP contribution < -0.4 is 0 Å². The van der Waals surface area contributed by atoms with Crippen molar-refractivity contribution in [3.8, 4) is 0 Å². The van der Waals surface area contributed by atoms with Gasteiger partial charge in [0.2, 0.25) is 0 Å². The maximum absolute atomic E-state index is 12.6. The molecule has 2 aliphatic heterocycles. The molecule has 0 saturated carbocycles. The molecule has 3 aromatic rings. The normalized spacial score (nSPS) is 27.5. The second kappa shape index (κ2) is 21.7. The summed E-state index contributed by atoms with van der Waals surface area (Å²) in [6.07, 6.45) is -11.2. The summed E-state index contributed by atoms with van der Waals surface area (Å²) in [4.78, 5) is 37.6. The van der Waals surface area contributed by atoms with Gasteiger partial charge in [0.1, 0.15) is 30.5 Å². The lowest BCUT2D eigenvalue weighted by molar-refractivity contribution is -0.366. The topological polar surface area (TPSA) is 164 Å². The lowest BCUT2D eigenvalue weighted by Crippen LogP contribution is -2.66. The summed E-state index contributed by atoms with van der Waals surface area (Å²) in [6, 6.07) is 28.2. The first kappa shape index (κ1) is 42.6. The predicted molar refractivity (Wildman–Crippen MR) is 198 cm³/mol. The minimum absolute atomic E-state index is 0.0612. The van der Waals surface area contributed by atoms with E-state index in [1.54, 1.807) is 6.08 Å². The van der Waals surface area contributed by atoms with E-state index in [1.165, 1.54) is 13.8 Å². The third-order valence-corrected chi connectivity index (χ3v) is 8.86. The van der Waals surface area contributed by atoms with Crippen molar-refractivity contribution < 1.29 is 66.9 Å². The number of esters is 3. The lowest BCUT2D eigenvalue weighted by atomic mass is 9.96. The average Bonchev–Trinajstić information content (AvgIpc) is 3.18. The van der Waals surface area contributed by atoms with Gasteiger partial charge >= 0.3 is 17.9 Å². The van der Waals surface area contributed by atoms with Crippen molar-refractivity contribution in [1.82, 2.24) is 0 Å². The van der Waals surface area contributed by atoms with Gasteiger partial charge in [-0.3, -0.25) is 14.4 Å². The van der Waals surface area contributed by atoms with E-state index in [1.807, 2.05) is 91.0 Å². The van der Waals surface area contributed by atoms with Crippen LogP contribution in [0.5, 0.6) is 0 Å². The largest absolute Gasteiger partial charge is 0.456 e. The molecule has 0 unspecified atom stereocenters. The summed E-state index contributed by atoms with van der Waals surface area (Å²) in [7, 11) is 0. The predicted octanol–water partition coefficient (Wildman–Crippen LogP) is 4.20. The third kappa shape index (κ3) is 12.5. The monoisotopic (exact) mass is 778 g/mol. The van der Waals surface area contributed by atoms with Crippen LogP contribution in [0.1, 0.15) is 37.5 Å². The number of aliphatic hydroxyl groups is 1. The molecule has 302 valence electrons. The fourth-order valence-corrected chi connectivity index (χ4v) is 6.41. The Morgan fingerprint density at radius 1 is 0.589 bits per heavy atom. The van der Waals surface area contributed by atoms with Crippen LogP contribution in [0, 0.1) is 0 Å². The Morgan fingerprint density at radius 2 is 1.05 bits per heavy atom. The molecule has 2 heterocycles. The zero-order valence-corrected chi connectivity index (χ0v) is 31.7. The van der Waals surface area contributed by atoms with Crippen LogP contribution in [0.3, 0.4) is 0 Å². The SMILES string of the molecule is C=CCO[C@@H]1O[C@H](COCc2ccccc2)[C@@H](O)[C@H](O[C@@H]2O[C@H](COCc3ccccc3)[C@H](OC(C)=O)[C@H](OC(C)=O)[C@H]2OC(C)=O)[C@H]1OCc1ccccc1. The standard InChI is InChI=1S/C42H50O14/c1-5-21-49-41-39(50-24-32-19-13-8-14-20-32)37(35(46)33(54-41)25-47-22-30-15-9-6-10-16-30)56-42-40(53-29(4)45)38(52-28(3)44)36(51-27(2)43)34(55-42)26-48-23-31-17-11-7-12-18-31/h5-20,33-42,46H,1,21-26H2,2-4H3/t33-,34-,35-,36+,37+,38+,39-,40-,41-,42+/m1/s1. The Hall–Kier alpha value is -4.51. The highest BCUT2D eigenvalue weighted by Gasteiger charge is 2.56. The van der Waals surface area contributed by atoms with Gasteiger partial charge in [-0.2, -0.15) is 0 Å². The van der Waals surface area contributed by atoms with Crippen LogP contribution >= 0.6 is 0 Å². The molecular formula is C42H50O14. The first-order valence-electron chi connectivity index (χ1n) is 18.4. The molecule has 56 heavy (non-hydrogen) atoms. The second-order valence-corrected chi connectivity index (χ2v) is 13.3. The summed E-state index contributed by atoms with van der Waals surface area (Å²) in [5.41, 5.74) is 2.59. The van der Waals surface area contributed by atoms with Crippen molar-refractivity contribution in [1.29, 1.82) is 0 Å². The van der Waals surface area contributed by atoms with Gasteiger partial charge in [-0.05, 0) is 16.7 Å². The van der Waals surface area contributed by atoms with Crippen molar-refractivity contribution in [3.63, 3.8) is 0 Å². The zero-order chi connectivity index (χ0) is 39.9. The maximum Gasteiger partial charge on any atom is 0.303 e. The molecule has 2 fully saturated rings. The molecule has 0 spiro atoms. The first-order chi connectivity index (χ1) is 27.1.